The van der Waals surface area contributed by atoms with Gasteiger partial charge in [0.25, 0.3) is 0 Å². The van der Waals surface area contributed by atoms with Crippen molar-refractivity contribution in [3.05, 3.63) is 71.3 Å². The van der Waals surface area contributed by atoms with Crippen LogP contribution >= 0.6 is 11.6 Å². The number of halogens is 1. The van der Waals surface area contributed by atoms with Crippen LogP contribution in [0.1, 0.15) is 11.4 Å². The Hall–Kier alpha value is -2.66. The molecular weight excluding hydrogens is 310 g/mol. The second-order valence-corrected chi connectivity index (χ2v) is 5.83. The minimum Gasteiger partial charge on any atom is -0.303 e. The van der Waals surface area contributed by atoms with Gasteiger partial charge in [0, 0.05) is 11.2 Å². The first kappa shape index (κ1) is 14.0. The minimum absolute atomic E-state index is 0.648. The maximum absolute atomic E-state index is 5.91. The first-order valence-corrected chi connectivity index (χ1v) is 7.67. The van der Waals surface area contributed by atoms with Gasteiger partial charge < -0.3 is 4.40 Å². The number of rotatable bonds is 3. The summed E-state index contributed by atoms with van der Waals surface area (Å²) >= 11 is 5.91. The van der Waals surface area contributed by atoms with Crippen molar-refractivity contribution in [1.29, 1.82) is 0 Å². The monoisotopic (exact) mass is 323 g/mol. The topological polar surface area (TPSA) is 48.0 Å². The van der Waals surface area contributed by atoms with Crippen molar-refractivity contribution in [3.63, 3.8) is 0 Å². The molecule has 3 heterocycles. The molecule has 0 saturated carbocycles. The fraction of sp³-hybridized carbons (Fsp3) is 0.118. The van der Waals surface area contributed by atoms with Crippen molar-refractivity contribution < 1.29 is 0 Å². The van der Waals surface area contributed by atoms with Crippen LogP contribution in [0.2, 0.25) is 5.02 Å². The summed E-state index contributed by atoms with van der Waals surface area (Å²) in [4.78, 5) is 4.62. The molecule has 114 valence electrons. The molecule has 0 aliphatic carbocycles. The van der Waals surface area contributed by atoms with Crippen LogP contribution in [0.5, 0.6) is 0 Å². The highest BCUT2D eigenvalue weighted by atomic mass is 35.5. The van der Waals surface area contributed by atoms with Crippen LogP contribution in [0.25, 0.3) is 16.9 Å². The fourth-order valence-electron chi connectivity index (χ4n) is 2.64. The maximum Gasteiger partial charge on any atom is 0.133 e. The molecule has 1 aromatic carbocycles. The summed E-state index contributed by atoms with van der Waals surface area (Å²) in [6, 6.07) is 13.7. The largest absolute Gasteiger partial charge is 0.303 e. The van der Waals surface area contributed by atoms with Gasteiger partial charge in [0.05, 0.1) is 18.3 Å². The van der Waals surface area contributed by atoms with Crippen LogP contribution in [0.15, 0.2) is 54.9 Å². The number of aryl methyl sites for hydroxylation is 1. The van der Waals surface area contributed by atoms with Crippen LogP contribution < -0.4 is 0 Å². The molecule has 5 nitrogen and oxygen atoms in total. The quantitative estimate of drug-likeness (QED) is 0.578. The lowest BCUT2D eigenvalue weighted by Crippen LogP contribution is -1.99. The first-order chi connectivity index (χ1) is 11.2. The van der Waals surface area contributed by atoms with E-state index < -0.39 is 0 Å². The van der Waals surface area contributed by atoms with Gasteiger partial charge in [0.1, 0.15) is 17.2 Å². The highest BCUT2D eigenvalue weighted by Gasteiger charge is 2.13. The van der Waals surface area contributed by atoms with Gasteiger partial charge in [-0.2, -0.15) is 0 Å². The summed E-state index contributed by atoms with van der Waals surface area (Å²) in [5.41, 5.74) is 3.78. The zero-order chi connectivity index (χ0) is 15.8. The Kier molecular flexibility index (Phi) is 3.35. The lowest BCUT2D eigenvalue weighted by Gasteiger charge is -2.00. The van der Waals surface area contributed by atoms with Gasteiger partial charge in [0.2, 0.25) is 0 Å². The van der Waals surface area contributed by atoms with E-state index in [0.29, 0.717) is 6.54 Å². The molecule has 23 heavy (non-hydrogen) atoms. The van der Waals surface area contributed by atoms with E-state index in [0.717, 1.165) is 33.3 Å². The molecule has 0 fully saturated rings. The van der Waals surface area contributed by atoms with Gasteiger partial charge >= 0.3 is 0 Å². The summed E-state index contributed by atoms with van der Waals surface area (Å²) in [5.74, 6) is 0.933. The Bertz CT molecular complexity index is 968. The summed E-state index contributed by atoms with van der Waals surface area (Å²) in [5, 5.41) is 9.22. The zero-order valence-electron chi connectivity index (χ0n) is 12.5. The molecule has 0 N–H and O–H groups in total. The SMILES string of the molecule is Cc1nc(-c2cn(Cc3ccc(Cl)cc3)nn2)c2ccccn12. The molecule has 0 spiro atoms. The number of hydrogen-bond acceptors (Lipinski definition) is 3. The summed E-state index contributed by atoms with van der Waals surface area (Å²) in [7, 11) is 0. The molecule has 0 aliphatic heterocycles. The molecule has 4 rings (SSSR count). The third-order valence-corrected chi connectivity index (χ3v) is 4.02. The van der Waals surface area contributed by atoms with Gasteiger partial charge in [-0.05, 0) is 36.8 Å². The van der Waals surface area contributed by atoms with E-state index in [1.165, 1.54) is 0 Å². The Balaban J connectivity index is 1.68. The Labute approximate surface area is 138 Å². The predicted molar refractivity (Wildman–Crippen MR) is 89.5 cm³/mol. The summed E-state index contributed by atoms with van der Waals surface area (Å²) in [6.45, 7) is 2.63. The Morgan fingerprint density at radius 3 is 2.74 bits per heavy atom. The van der Waals surface area contributed by atoms with E-state index >= 15 is 0 Å². The second kappa shape index (κ2) is 5.52. The van der Waals surface area contributed by atoms with Crippen molar-refractivity contribution in [1.82, 2.24) is 24.4 Å². The highest BCUT2D eigenvalue weighted by Crippen LogP contribution is 2.22. The van der Waals surface area contributed by atoms with Crippen LogP contribution in [0.3, 0.4) is 0 Å². The second-order valence-electron chi connectivity index (χ2n) is 5.39. The van der Waals surface area contributed by atoms with Crippen LogP contribution in [-0.2, 0) is 6.54 Å². The molecule has 0 amide bonds. The van der Waals surface area contributed by atoms with Crippen LogP contribution in [0, 0.1) is 6.92 Å². The molecule has 0 bridgehead atoms. The minimum atomic E-state index is 0.648. The van der Waals surface area contributed by atoms with Crippen molar-refractivity contribution >= 4 is 17.1 Å². The number of nitrogens with zero attached hydrogens (tertiary/aromatic N) is 5. The number of hydrogen-bond donors (Lipinski definition) is 0. The average Bonchev–Trinajstić information content (AvgIpc) is 3.15. The van der Waals surface area contributed by atoms with E-state index in [-0.39, 0.29) is 0 Å². The smallest absolute Gasteiger partial charge is 0.133 e. The average molecular weight is 324 g/mol. The van der Waals surface area contributed by atoms with E-state index in [1.54, 1.807) is 0 Å². The van der Waals surface area contributed by atoms with Crippen LogP contribution in [-0.4, -0.2) is 24.4 Å². The third kappa shape index (κ3) is 2.59. The summed E-state index contributed by atoms with van der Waals surface area (Å²) in [6.07, 6.45) is 3.92. The van der Waals surface area contributed by atoms with E-state index in [2.05, 4.69) is 15.3 Å². The number of fused-ring (bicyclic) bond motifs is 1. The maximum atomic E-state index is 5.91. The molecule has 3 aromatic heterocycles. The van der Waals surface area contributed by atoms with Gasteiger partial charge in [-0.3, -0.25) is 0 Å². The van der Waals surface area contributed by atoms with Crippen molar-refractivity contribution in [2.24, 2.45) is 0 Å². The van der Waals surface area contributed by atoms with E-state index in [1.807, 2.05) is 70.9 Å². The molecule has 0 atom stereocenters. The zero-order valence-corrected chi connectivity index (χ0v) is 13.3. The normalized spacial score (nSPS) is 11.2. The first-order valence-electron chi connectivity index (χ1n) is 7.29. The molecule has 0 saturated heterocycles. The number of benzene rings is 1. The molecular formula is C17H14ClN5. The van der Waals surface area contributed by atoms with Gasteiger partial charge in [-0.15, -0.1) is 5.10 Å². The van der Waals surface area contributed by atoms with Crippen molar-refractivity contribution in [3.8, 4) is 11.4 Å². The number of pyridine rings is 1. The van der Waals surface area contributed by atoms with E-state index in [4.69, 9.17) is 11.6 Å². The van der Waals surface area contributed by atoms with Gasteiger partial charge in [-0.1, -0.05) is 35.0 Å². The summed E-state index contributed by atoms with van der Waals surface area (Å²) < 4.78 is 3.86. The molecule has 0 radical (unpaired) electrons. The lowest BCUT2D eigenvalue weighted by molar-refractivity contribution is 0.650. The number of aromatic nitrogens is 5. The molecule has 0 aliphatic rings. The van der Waals surface area contributed by atoms with Crippen molar-refractivity contribution in [2.75, 3.05) is 0 Å². The Morgan fingerprint density at radius 2 is 1.91 bits per heavy atom. The Morgan fingerprint density at radius 1 is 1.09 bits per heavy atom. The lowest BCUT2D eigenvalue weighted by atomic mass is 10.2. The number of imidazole rings is 1. The fourth-order valence-corrected chi connectivity index (χ4v) is 2.77. The molecule has 6 heteroatoms. The van der Waals surface area contributed by atoms with Gasteiger partial charge in [-0.25, -0.2) is 9.67 Å². The predicted octanol–water partition coefficient (Wildman–Crippen LogP) is 3.60. The molecule has 4 aromatic rings. The van der Waals surface area contributed by atoms with Crippen molar-refractivity contribution in [2.45, 2.75) is 13.5 Å². The van der Waals surface area contributed by atoms with Gasteiger partial charge in [0.15, 0.2) is 0 Å². The van der Waals surface area contributed by atoms with Crippen LogP contribution in [0.4, 0.5) is 0 Å². The van der Waals surface area contributed by atoms with E-state index in [9.17, 15) is 0 Å². The molecule has 0 unspecified atom stereocenters. The standard InChI is InChI=1S/C17H14ClN5/c1-12-19-17(16-4-2-3-9-23(12)16)15-11-22(21-20-15)10-13-5-7-14(18)8-6-13/h2-9,11H,10H2,1H3. The highest BCUT2D eigenvalue weighted by molar-refractivity contribution is 6.30. The third-order valence-electron chi connectivity index (χ3n) is 3.76.